The minimum atomic E-state index is -0.247. The number of hydrogen-bond acceptors (Lipinski definition) is 3. The molecule has 0 saturated carbocycles. The second-order valence-electron chi connectivity index (χ2n) is 4.04. The number of urea groups is 1. The summed E-state index contributed by atoms with van der Waals surface area (Å²) in [4.78, 5) is 11.3. The van der Waals surface area contributed by atoms with E-state index in [1.165, 1.54) is 0 Å². The number of amides is 2. The first-order valence-electron chi connectivity index (χ1n) is 6.34. The van der Waals surface area contributed by atoms with Crippen molar-refractivity contribution >= 4 is 29.2 Å². The zero-order valence-corrected chi connectivity index (χ0v) is 12.5. The summed E-state index contributed by atoms with van der Waals surface area (Å²) in [6.45, 7) is 1.46. The average molecular weight is 321 g/mol. The van der Waals surface area contributed by atoms with Crippen LogP contribution in [-0.2, 0) is 0 Å². The van der Waals surface area contributed by atoms with E-state index >= 15 is 0 Å². The van der Waals surface area contributed by atoms with Crippen LogP contribution in [0.5, 0.6) is 5.75 Å². The van der Waals surface area contributed by atoms with Crippen molar-refractivity contribution in [3.05, 3.63) is 28.2 Å². The molecule has 5 nitrogen and oxygen atoms in total. The Hall–Kier alpha value is -1.17. The number of aliphatic hydroxyl groups is 1. The van der Waals surface area contributed by atoms with Gasteiger partial charge in [-0.25, -0.2) is 4.79 Å². The van der Waals surface area contributed by atoms with Gasteiger partial charge in [0.15, 0.2) is 0 Å². The van der Waals surface area contributed by atoms with Crippen molar-refractivity contribution < 1.29 is 14.6 Å². The SMILES string of the molecule is O=C(NCCCO)NCCCOc1ccc(Cl)cc1Cl. The number of carbonyl (C=O) groups excluding carboxylic acids is 1. The summed E-state index contributed by atoms with van der Waals surface area (Å²) in [6, 6.07) is 4.78. The molecule has 1 aromatic rings. The van der Waals surface area contributed by atoms with Gasteiger partial charge in [0.1, 0.15) is 5.75 Å². The quantitative estimate of drug-likeness (QED) is 0.644. The van der Waals surface area contributed by atoms with Crippen molar-refractivity contribution in [1.29, 1.82) is 0 Å². The Labute approximate surface area is 128 Å². The van der Waals surface area contributed by atoms with Crippen LogP contribution in [0.1, 0.15) is 12.8 Å². The summed E-state index contributed by atoms with van der Waals surface area (Å²) in [6.07, 6.45) is 1.21. The fraction of sp³-hybridized carbons (Fsp3) is 0.462. The third kappa shape index (κ3) is 6.84. The third-order valence-corrected chi connectivity index (χ3v) is 2.91. The molecule has 0 aliphatic rings. The van der Waals surface area contributed by atoms with Gasteiger partial charge in [0, 0.05) is 24.7 Å². The molecule has 112 valence electrons. The lowest BCUT2D eigenvalue weighted by atomic mass is 10.3. The summed E-state index contributed by atoms with van der Waals surface area (Å²) in [5.74, 6) is 0.573. The number of aliphatic hydroxyl groups excluding tert-OH is 1. The summed E-state index contributed by atoms with van der Waals surface area (Å²) in [5.41, 5.74) is 0. The van der Waals surface area contributed by atoms with Crippen molar-refractivity contribution in [2.75, 3.05) is 26.3 Å². The van der Waals surface area contributed by atoms with E-state index in [0.717, 1.165) is 0 Å². The molecule has 0 fully saturated rings. The van der Waals surface area contributed by atoms with Crippen LogP contribution in [0.4, 0.5) is 4.79 Å². The predicted octanol–water partition coefficient (Wildman–Crippen LogP) is 2.44. The predicted molar refractivity (Wildman–Crippen MR) is 79.7 cm³/mol. The van der Waals surface area contributed by atoms with Crippen LogP contribution < -0.4 is 15.4 Å². The zero-order valence-electron chi connectivity index (χ0n) is 11.0. The van der Waals surface area contributed by atoms with Gasteiger partial charge in [0.05, 0.1) is 11.6 Å². The van der Waals surface area contributed by atoms with Gasteiger partial charge in [-0.05, 0) is 31.0 Å². The molecule has 7 heteroatoms. The molecule has 1 aromatic carbocycles. The lowest BCUT2D eigenvalue weighted by Gasteiger charge is -2.09. The fourth-order valence-corrected chi connectivity index (χ4v) is 1.86. The van der Waals surface area contributed by atoms with Crippen LogP contribution in [0.25, 0.3) is 0 Å². The molecule has 2 amide bonds. The van der Waals surface area contributed by atoms with E-state index in [2.05, 4.69) is 10.6 Å². The molecule has 0 spiro atoms. The van der Waals surface area contributed by atoms with E-state index in [1.807, 2.05) is 0 Å². The Kier molecular flexibility index (Phi) is 8.18. The monoisotopic (exact) mass is 320 g/mol. The van der Waals surface area contributed by atoms with Crippen molar-refractivity contribution in [1.82, 2.24) is 10.6 Å². The van der Waals surface area contributed by atoms with Gasteiger partial charge in [-0.3, -0.25) is 0 Å². The summed E-state index contributed by atoms with van der Waals surface area (Å²) in [7, 11) is 0. The van der Waals surface area contributed by atoms with E-state index in [4.69, 9.17) is 33.0 Å². The highest BCUT2D eigenvalue weighted by molar-refractivity contribution is 6.35. The molecule has 0 aliphatic heterocycles. The highest BCUT2D eigenvalue weighted by atomic mass is 35.5. The molecule has 1 rings (SSSR count). The van der Waals surface area contributed by atoms with Crippen LogP contribution in [0.15, 0.2) is 18.2 Å². The van der Waals surface area contributed by atoms with Crippen molar-refractivity contribution in [2.24, 2.45) is 0 Å². The first kappa shape index (κ1) is 16.9. The van der Waals surface area contributed by atoms with Crippen LogP contribution >= 0.6 is 23.2 Å². The Morgan fingerprint density at radius 2 is 1.90 bits per heavy atom. The Morgan fingerprint density at radius 3 is 2.55 bits per heavy atom. The molecule has 0 atom stereocenters. The molecule has 0 bridgehead atoms. The largest absolute Gasteiger partial charge is 0.492 e. The Morgan fingerprint density at radius 1 is 1.20 bits per heavy atom. The highest BCUT2D eigenvalue weighted by Gasteiger charge is 2.02. The van der Waals surface area contributed by atoms with Gasteiger partial charge in [-0.15, -0.1) is 0 Å². The molecule has 0 saturated heterocycles. The van der Waals surface area contributed by atoms with Crippen LogP contribution in [-0.4, -0.2) is 37.4 Å². The number of rotatable bonds is 8. The van der Waals surface area contributed by atoms with Crippen LogP contribution in [0.2, 0.25) is 10.0 Å². The second kappa shape index (κ2) is 9.69. The van der Waals surface area contributed by atoms with Crippen molar-refractivity contribution in [2.45, 2.75) is 12.8 Å². The van der Waals surface area contributed by atoms with E-state index < -0.39 is 0 Å². The van der Waals surface area contributed by atoms with Gasteiger partial charge < -0.3 is 20.5 Å². The van der Waals surface area contributed by atoms with Crippen molar-refractivity contribution in [3.8, 4) is 5.75 Å². The standard InChI is InChI=1S/C13H18Cl2N2O3/c14-10-3-4-12(11(15)9-10)20-8-2-6-17-13(19)16-5-1-7-18/h3-4,9,18H,1-2,5-8H2,(H2,16,17,19). The summed E-state index contributed by atoms with van der Waals surface area (Å²) in [5, 5.41) is 14.9. The minimum absolute atomic E-state index is 0.0654. The molecule has 3 N–H and O–H groups in total. The van der Waals surface area contributed by atoms with Crippen LogP contribution in [0, 0.1) is 0 Å². The van der Waals surface area contributed by atoms with E-state index in [1.54, 1.807) is 18.2 Å². The molecular weight excluding hydrogens is 303 g/mol. The topological polar surface area (TPSA) is 70.6 Å². The molecule has 0 heterocycles. The molecule has 0 aromatic heterocycles. The normalized spacial score (nSPS) is 10.2. The number of benzene rings is 1. The average Bonchev–Trinajstić information content (AvgIpc) is 2.41. The summed E-state index contributed by atoms with van der Waals surface area (Å²) < 4.78 is 5.48. The minimum Gasteiger partial charge on any atom is -0.492 e. The van der Waals surface area contributed by atoms with Gasteiger partial charge in [-0.1, -0.05) is 23.2 Å². The Bertz CT molecular complexity index is 430. The molecular formula is C13H18Cl2N2O3. The number of hydrogen-bond donors (Lipinski definition) is 3. The van der Waals surface area contributed by atoms with Gasteiger partial charge in [0.25, 0.3) is 0 Å². The number of carbonyl (C=O) groups is 1. The maximum Gasteiger partial charge on any atom is 0.314 e. The molecule has 0 unspecified atom stereocenters. The van der Waals surface area contributed by atoms with Crippen molar-refractivity contribution in [3.63, 3.8) is 0 Å². The number of nitrogens with one attached hydrogen (secondary N) is 2. The molecule has 0 aliphatic carbocycles. The highest BCUT2D eigenvalue weighted by Crippen LogP contribution is 2.27. The zero-order chi connectivity index (χ0) is 14.8. The second-order valence-corrected chi connectivity index (χ2v) is 4.88. The van der Waals surface area contributed by atoms with E-state index in [0.29, 0.717) is 48.3 Å². The Balaban J connectivity index is 2.11. The first-order chi connectivity index (χ1) is 9.63. The van der Waals surface area contributed by atoms with E-state index in [9.17, 15) is 4.79 Å². The van der Waals surface area contributed by atoms with E-state index in [-0.39, 0.29) is 12.6 Å². The maximum absolute atomic E-state index is 11.3. The van der Waals surface area contributed by atoms with Gasteiger partial charge in [-0.2, -0.15) is 0 Å². The molecule has 20 heavy (non-hydrogen) atoms. The lowest BCUT2D eigenvalue weighted by Crippen LogP contribution is -2.37. The smallest absolute Gasteiger partial charge is 0.314 e. The maximum atomic E-state index is 11.3. The number of ether oxygens (including phenoxy) is 1. The van der Waals surface area contributed by atoms with Crippen LogP contribution in [0.3, 0.4) is 0 Å². The van der Waals surface area contributed by atoms with Gasteiger partial charge in [0.2, 0.25) is 0 Å². The third-order valence-electron chi connectivity index (χ3n) is 2.38. The first-order valence-corrected chi connectivity index (χ1v) is 7.09. The summed E-state index contributed by atoms with van der Waals surface area (Å²) >= 11 is 11.7. The molecule has 0 radical (unpaired) electrons. The van der Waals surface area contributed by atoms with Gasteiger partial charge >= 0.3 is 6.03 Å². The number of halogens is 2. The fourth-order valence-electron chi connectivity index (χ4n) is 1.39. The lowest BCUT2D eigenvalue weighted by molar-refractivity contribution is 0.236.